The Hall–Kier alpha value is -2.52. The van der Waals surface area contributed by atoms with Gasteiger partial charge in [-0.25, -0.2) is 8.42 Å². The highest BCUT2D eigenvalue weighted by Gasteiger charge is 2.27. The van der Waals surface area contributed by atoms with Crippen molar-refractivity contribution < 1.29 is 17.9 Å². The lowest BCUT2D eigenvalue weighted by atomic mass is 10.0. The summed E-state index contributed by atoms with van der Waals surface area (Å²) >= 11 is 7.84. The van der Waals surface area contributed by atoms with Gasteiger partial charge in [0.25, 0.3) is 0 Å². The van der Waals surface area contributed by atoms with E-state index in [1.165, 1.54) is 18.2 Å². The molecular weight excluding hydrogens is 504 g/mol. The van der Waals surface area contributed by atoms with E-state index < -0.39 is 22.0 Å². The number of ether oxygens (including phenoxy) is 1. The van der Waals surface area contributed by atoms with Gasteiger partial charge in [-0.2, -0.15) is 4.72 Å². The zero-order valence-electron chi connectivity index (χ0n) is 19.8. The molecule has 3 rings (SSSR count). The minimum absolute atomic E-state index is 0.0440. The molecule has 186 valence electrons. The molecule has 35 heavy (non-hydrogen) atoms. The van der Waals surface area contributed by atoms with E-state index in [4.69, 9.17) is 16.3 Å². The van der Waals surface area contributed by atoms with E-state index in [-0.39, 0.29) is 22.4 Å². The lowest BCUT2D eigenvalue weighted by Gasteiger charge is -2.22. The first-order valence-corrected chi connectivity index (χ1v) is 14.2. The summed E-state index contributed by atoms with van der Waals surface area (Å²) in [7, 11) is -4.04. The Labute approximate surface area is 216 Å². The SMILES string of the molecule is CCOc1ccc(S(=O)(=O)N[C@@H](Cc2ccccc2)C(=O)N[C@@H](C)c2ccc(SC)cc2)cc1Cl. The Morgan fingerprint density at radius 3 is 2.34 bits per heavy atom. The van der Waals surface area contributed by atoms with Gasteiger partial charge in [-0.3, -0.25) is 4.79 Å². The van der Waals surface area contributed by atoms with Crippen molar-refractivity contribution in [2.45, 2.75) is 42.1 Å². The highest BCUT2D eigenvalue weighted by atomic mass is 35.5. The second-order valence-electron chi connectivity index (χ2n) is 7.89. The van der Waals surface area contributed by atoms with Gasteiger partial charge in [0.15, 0.2) is 0 Å². The highest BCUT2D eigenvalue weighted by Crippen LogP contribution is 2.27. The Bertz CT molecular complexity index is 1240. The van der Waals surface area contributed by atoms with Gasteiger partial charge in [0, 0.05) is 4.90 Å². The second-order valence-corrected chi connectivity index (χ2v) is 10.9. The molecular formula is C26H29ClN2O4S2. The van der Waals surface area contributed by atoms with Gasteiger partial charge in [0.1, 0.15) is 11.8 Å². The fourth-order valence-corrected chi connectivity index (χ4v) is 5.43. The van der Waals surface area contributed by atoms with Crippen LogP contribution in [-0.2, 0) is 21.2 Å². The molecule has 0 unspecified atom stereocenters. The molecule has 1 amide bonds. The maximum absolute atomic E-state index is 13.3. The van der Waals surface area contributed by atoms with E-state index in [2.05, 4.69) is 10.0 Å². The third kappa shape index (κ3) is 7.48. The van der Waals surface area contributed by atoms with Gasteiger partial charge in [-0.05, 0) is 68.0 Å². The molecule has 9 heteroatoms. The number of nitrogens with one attached hydrogen (secondary N) is 2. The third-order valence-corrected chi connectivity index (χ3v) is 7.89. The predicted octanol–water partition coefficient (Wildman–Crippen LogP) is 5.23. The first-order valence-electron chi connectivity index (χ1n) is 11.2. The topological polar surface area (TPSA) is 84.5 Å². The zero-order valence-corrected chi connectivity index (χ0v) is 22.2. The quantitative estimate of drug-likeness (QED) is 0.330. The van der Waals surface area contributed by atoms with E-state index in [1.807, 2.05) is 74.7 Å². The largest absolute Gasteiger partial charge is 0.492 e. The van der Waals surface area contributed by atoms with Crippen LogP contribution in [0.3, 0.4) is 0 Å². The summed E-state index contributed by atoms with van der Waals surface area (Å²) in [6.45, 7) is 4.08. The van der Waals surface area contributed by atoms with E-state index >= 15 is 0 Å². The summed E-state index contributed by atoms with van der Waals surface area (Å²) in [6.07, 6.45) is 2.19. The normalized spacial score (nSPS) is 13.1. The van der Waals surface area contributed by atoms with E-state index in [0.29, 0.717) is 12.4 Å². The van der Waals surface area contributed by atoms with Crippen molar-refractivity contribution in [1.29, 1.82) is 0 Å². The minimum Gasteiger partial charge on any atom is -0.492 e. The average Bonchev–Trinajstić information content (AvgIpc) is 2.85. The van der Waals surface area contributed by atoms with Crippen molar-refractivity contribution in [3.63, 3.8) is 0 Å². The number of halogens is 1. The fraction of sp³-hybridized carbons (Fsp3) is 0.269. The molecule has 2 N–H and O–H groups in total. The van der Waals surface area contributed by atoms with Gasteiger partial charge in [-0.1, -0.05) is 54.1 Å². The van der Waals surface area contributed by atoms with Crippen molar-refractivity contribution >= 4 is 39.3 Å². The van der Waals surface area contributed by atoms with Crippen molar-refractivity contribution in [2.24, 2.45) is 0 Å². The van der Waals surface area contributed by atoms with Crippen LogP contribution in [0.4, 0.5) is 0 Å². The van der Waals surface area contributed by atoms with Crippen LogP contribution >= 0.6 is 23.4 Å². The highest BCUT2D eigenvalue weighted by molar-refractivity contribution is 7.98. The molecule has 0 bridgehead atoms. The number of hydrogen-bond donors (Lipinski definition) is 2. The average molecular weight is 533 g/mol. The molecule has 0 radical (unpaired) electrons. The van der Waals surface area contributed by atoms with Crippen LogP contribution in [0.2, 0.25) is 5.02 Å². The molecule has 3 aromatic rings. The van der Waals surface area contributed by atoms with Gasteiger partial charge < -0.3 is 10.1 Å². The fourth-order valence-electron chi connectivity index (χ4n) is 3.50. The third-order valence-electron chi connectivity index (χ3n) is 5.38. The monoisotopic (exact) mass is 532 g/mol. The zero-order chi connectivity index (χ0) is 25.4. The Kier molecular flexibility index (Phi) is 9.63. The molecule has 0 heterocycles. The summed E-state index contributed by atoms with van der Waals surface area (Å²) in [5.41, 5.74) is 1.76. The van der Waals surface area contributed by atoms with Gasteiger partial charge in [-0.15, -0.1) is 11.8 Å². The minimum atomic E-state index is -4.04. The summed E-state index contributed by atoms with van der Waals surface area (Å²) in [4.78, 5) is 14.4. The van der Waals surface area contributed by atoms with Crippen LogP contribution in [-0.4, -0.2) is 33.2 Å². The lowest BCUT2D eigenvalue weighted by molar-refractivity contribution is -0.123. The van der Waals surface area contributed by atoms with E-state index in [9.17, 15) is 13.2 Å². The van der Waals surface area contributed by atoms with Crippen molar-refractivity contribution in [1.82, 2.24) is 10.0 Å². The molecule has 0 aromatic heterocycles. The van der Waals surface area contributed by atoms with Crippen molar-refractivity contribution in [2.75, 3.05) is 12.9 Å². The van der Waals surface area contributed by atoms with Crippen molar-refractivity contribution in [3.8, 4) is 5.75 Å². The number of sulfonamides is 1. The van der Waals surface area contributed by atoms with Crippen molar-refractivity contribution in [3.05, 3.63) is 88.9 Å². The summed E-state index contributed by atoms with van der Waals surface area (Å²) < 4.78 is 34.3. The Balaban J connectivity index is 1.83. The number of hydrogen-bond acceptors (Lipinski definition) is 5. The van der Waals surface area contributed by atoms with Crippen LogP contribution in [0.15, 0.2) is 82.6 Å². The predicted molar refractivity (Wildman–Crippen MR) is 142 cm³/mol. The molecule has 0 spiro atoms. The number of amides is 1. The van der Waals surface area contributed by atoms with Crippen LogP contribution in [0.25, 0.3) is 0 Å². The molecule has 0 fully saturated rings. The van der Waals surface area contributed by atoms with Crippen LogP contribution < -0.4 is 14.8 Å². The van der Waals surface area contributed by atoms with E-state index in [1.54, 1.807) is 11.8 Å². The van der Waals surface area contributed by atoms with Crippen LogP contribution in [0.1, 0.15) is 31.0 Å². The number of carbonyl (C=O) groups is 1. The maximum Gasteiger partial charge on any atom is 0.241 e. The molecule has 0 aliphatic heterocycles. The number of rotatable bonds is 11. The first-order chi connectivity index (χ1) is 16.7. The van der Waals surface area contributed by atoms with Gasteiger partial charge in [0.05, 0.1) is 22.6 Å². The van der Waals surface area contributed by atoms with E-state index in [0.717, 1.165) is 16.0 Å². The first kappa shape index (κ1) is 27.1. The smallest absolute Gasteiger partial charge is 0.241 e. The maximum atomic E-state index is 13.3. The lowest BCUT2D eigenvalue weighted by Crippen LogP contribution is -2.48. The van der Waals surface area contributed by atoms with Crippen LogP contribution in [0.5, 0.6) is 5.75 Å². The summed E-state index contributed by atoms with van der Waals surface area (Å²) in [5, 5.41) is 3.13. The summed E-state index contributed by atoms with van der Waals surface area (Å²) in [6, 6.07) is 20.1. The molecule has 6 nitrogen and oxygen atoms in total. The molecule has 0 saturated heterocycles. The second kappa shape index (κ2) is 12.4. The van der Waals surface area contributed by atoms with Crippen LogP contribution in [0, 0.1) is 0 Å². The number of benzene rings is 3. The molecule has 2 atom stereocenters. The molecule has 0 saturated carbocycles. The molecule has 3 aromatic carbocycles. The Morgan fingerprint density at radius 1 is 1.06 bits per heavy atom. The summed E-state index contributed by atoms with van der Waals surface area (Å²) in [5.74, 6) is -0.0242. The molecule has 0 aliphatic rings. The number of carbonyl (C=O) groups excluding carboxylic acids is 1. The number of thioether (sulfide) groups is 1. The standard InChI is InChI=1S/C26H29ClN2O4S2/c1-4-33-25-15-14-22(17-23(25)27)35(31,32)29-24(16-19-8-6-5-7-9-19)26(30)28-18(2)20-10-12-21(34-3)13-11-20/h5-15,17-18,24,29H,4,16H2,1-3H3,(H,28,30)/t18-,24-/m0/s1. The Morgan fingerprint density at radius 2 is 1.74 bits per heavy atom. The van der Waals surface area contributed by atoms with Gasteiger partial charge >= 0.3 is 0 Å². The molecule has 0 aliphatic carbocycles. The van der Waals surface area contributed by atoms with Gasteiger partial charge in [0.2, 0.25) is 15.9 Å².